The van der Waals surface area contributed by atoms with Crippen LogP contribution in [0.3, 0.4) is 0 Å². The van der Waals surface area contributed by atoms with Crippen molar-refractivity contribution in [3.05, 3.63) is 11.5 Å². The molecule has 0 aliphatic carbocycles. The maximum absolute atomic E-state index is 10.8. The predicted octanol–water partition coefficient (Wildman–Crippen LogP) is 0.500. The molecule has 0 amide bonds. The molecule has 70 valence electrons. The first kappa shape index (κ1) is 8.10. The number of aromatic nitrogens is 2. The van der Waals surface area contributed by atoms with Crippen LogP contribution in [-0.4, -0.2) is 20.6 Å². The number of nitrogens with two attached hydrogens (primary N) is 1. The van der Waals surface area contributed by atoms with Crippen LogP contribution in [0.15, 0.2) is 0 Å². The van der Waals surface area contributed by atoms with Gasteiger partial charge in [0.05, 0.1) is 0 Å². The van der Waals surface area contributed by atoms with Gasteiger partial charge in [0.25, 0.3) is 0 Å². The Hall–Kier alpha value is -1.52. The average Bonchev–Trinajstić information content (AvgIpc) is 2.39. The summed E-state index contributed by atoms with van der Waals surface area (Å²) < 4.78 is 1.71. The summed E-state index contributed by atoms with van der Waals surface area (Å²) in [5.41, 5.74) is 5.66. The smallest absolute Gasteiger partial charge is 0.356 e. The summed E-state index contributed by atoms with van der Waals surface area (Å²) in [6, 6.07) is 0. The summed E-state index contributed by atoms with van der Waals surface area (Å²) >= 11 is 0. The van der Waals surface area contributed by atoms with Gasteiger partial charge >= 0.3 is 5.97 Å². The third kappa shape index (κ3) is 1.16. The topological polar surface area (TPSA) is 81.1 Å². The Kier molecular flexibility index (Phi) is 1.72. The van der Waals surface area contributed by atoms with Gasteiger partial charge in [0, 0.05) is 13.0 Å². The van der Waals surface area contributed by atoms with Crippen LogP contribution in [0.2, 0.25) is 0 Å². The lowest BCUT2D eigenvalue weighted by Gasteiger charge is -2.14. The van der Waals surface area contributed by atoms with E-state index in [4.69, 9.17) is 10.8 Å². The van der Waals surface area contributed by atoms with E-state index >= 15 is 0 Å². The number of aromatic carboxylic acids is 1. The van der Waals surface area contributed by atoms with E-state index in [1.807, 2.05) is 0 Å². The third-order valence-electron chi connectivity index (χ3n) is 2.31. The first-order valence-corrected chi connectivity index (χ1v) is 4.28. The van der Waals surface area contributed by atoms with Crippen molar-refractivity contribution in [2.75, 3.05) is 5.73 Å². The van der Waals surface area contributed by atoms with Crippen molar-refractivity contribution < 1.29 is 9.90 Å². The number of fused-ring (bicyclic) bond motifs is 1. The number of carbonyl (C=O) groups is 1. The molecule has 1 aliphatic rings. The van der Waals surface area contributed by atoms with Gasteiger partial charge in [-0.2, -0.15) is 0 Å². The monoisotopic (exact) mass is 181 g/mol. The zero-order valence-corrected chi connectivity index (χ0v) is 7.16. The second-order valence-electron chi connectivity index (χ2n) is 3.18. The van der Waals surface area contributed by atoms with E-state index in [1.165, 1.54) is 0 Å². The number of aryl methyl sites for hydroxylation is 1. The zero-order valence-electron chi connectivity index (χ0n) is 7.16. The minimum atomic E-state index is -0.988. The number of nitrogens with zero attached hydrogens (tertiary/aromatic N) is 2. The number of anilines is 1. The molecule has 0 unspecified atom stereocenters. The van der Waals surface area contributed by atoms with E-state index in [0.717, 1.165) is 31.6 Å². The van der Waals surface area contributed by atoms with Crippen LogP contribution in [-0.2, 0) is 13.0 Å². The predicted molar refractivity (Wildman–Crippen MR) is 46.5 cm³/mol. The summed E-state index contributed by atoms with van der Waals surface area (Å²) in [5.74, 6) is -0.0382. The van der Waals surface area contributed by atoms with Gasteiger partial charge < -0.3 is 15.4 Å². The Balaban J connectivity index is 2.54. The molecule has 0 saturated heterocycles. The van der Waals surface area contributed by atoms with Crippen molar-refractivity contribution in [1.82, 2.24) is 9.55 Å². The summed E-state index contributed by atoms with van der Waals surface area (Å²) in [6.07, 6.45) is 2.90. The number of hydrogen-bond donors (Lipinski definition) is 2. The highest BCUT2D eigenvalue weighted by molar-refractivity contribution is 5.91. The minimum Gasteiger partial charge on any atom is -0.476 e. The number of hydrogen-bond acceptors (Lipinski definition) is 3. The van der Waals surface area contributed by atoms with Crippen molar-refractivity contribution >= 4 is 11.8 Å². The van der Waals surface area contributed by atoms with E-state index in [9.17, 15) is 4.79 Å². The van der Waals surface area contributed by atoms with Crippen LogP contribution in [0.25, 0.3) is 0 Å². The summed E-state index contributed by atoms with van der Waals surface area (Å²) in [6.45, 7) is 0.723. The highest BCUT2D eigenvalue weighted by atomic mass is 16.4. The number of nitrogen functional groups attached to an aromatic ring is 1. The van der Waals surface area contributed by atoms with Crippen LogP contribution in [0.5, 0.6) is 0 Å². The summed E-state index contributed by atoms with van der Waals surface area (Å²) in [4.78, 5) is 14.8. The maximum atomic E-state index is 10.8. The van der Waals surface area contributed by atoms with Crippen molar-refractivity contribution in [2.45, 2.75) is 25.8 Å². The molecule has 2 rings (SSSR count). The van der Waals surface area contributed by atoms with E-state index in [0.29, 0.717) is 0 Å². The van der Waals surface area contributed by atoms with Gasteiger partial charge in [-0.1, -0.05) is 0 Å². The number of rotatable bonds is 1. The second kappa shape index (κ2) is 2.76. The quantitative estimate of drug-likeness (QED) is 0.661. The van der Waals surface area contributed by atoms with Crippen LogP contribution in [0.1, 0.15) is 29.2 Å². The van der Waals surface area contributed by atoms with Gasteiger partial charge in [0.2, 0.25) is 0 Å². The summed E-state index contributed by atoms with van der Waals surface area (Å²) in [7, 11) is 0. The van der Waals surface area contributed by atoms with Gasteiger partial charge in [-0.3, -0.25) is 0 Å². The van der Waals surface area contributed by atoms with Gasteiger partial charge in [-0.25, -0.2) is 9.78 Å². The lowest BCUT2D eigenvalue weighted by molar-refractivity contribution is 0.0685. The van der Waals surface area contributed by atoms with Crippen molar-refractivity contribution in [3.8, 4) is 0 Å². The van der Waals surface area contributed by atoms with Gasteiger partial charge in [0.1, 0.15) is 5.82 Å². The molecular formula is C8H11N3O2. The molecule has 0 radical (unpaired) electrons. The molecule has 0 fully saturated rings. The Morgan fingerprint density at radius 1 is 1.54 bits per heavy atom. The first-order chi connectivity index (χ1) is 6.20. The van der Waals surface area contributed by atoms with Crippen LogP contribution < -0.4 is 5.73 Å². The van der Waals surface area contributed by atoms with Gasteiger partial charge in [-0.15, -0.1) is 0 Å². The Morgan fingerprint density at radius 2 is 2.31 bits per heavy atom. The van der Waals surface area contributed by atoms with Crippen LogP contribution in [0.4, 0.5) is 5.82 Å². The molecule has 2 heterocycles. The lowest BCUT2D eigenvalue weighted by Crippen LogP contribution is -2.16. The van der Waals surface area contributed by atoms with E-state index < -0.39 is 5.97 Å². The average molecular weight is 181 g/mol. The number of imidazole rings is 1. The highest BCUT2D eigenvalue weighted by Crippen LogP contribution is 2.20. The van der Waals surface area contributed by atoms with Gasteiger partial charge in [-0.05, 0) is 12.8 Å². The molecular weight excluding hydrogens is 170 g/mol. The fourth-order valence-electron chi connectivity index (χ4n) is 1.73. The van der Waals surface area contributed by atoms with Crippen molar-refractivity contribution in [1.29, 1.82) is 0 Å². The zero-order chi connectivity index (χ0) is 9.42. The standard InChI is InChI=1S/C8H11N3O2/c9-7-6(8(12)13)11-4-2-1-3-5(11)10-7/h1-4,9H2,(H,12,13). The Labute approximate surface area is 75.2 Å². The van der Waals surface area contributed by atoms with Crippen molar-refractivity contribution in [3.63, 3.8) is 0 Å². The molecule has 0 spiro atoms. The molecule has 5 heteroatoms. The molecule has 0 aromatic carbocycles. The van der Waals surface area contributed by atoms with Crippen LogP contribution in [0, 0.1) is 0 Å². The highest BCUT2D eigenvalue weighted by Gasteiger charge is 2.22. The molecule has 0 saturated carbocycles. The Morgan fingerprint density at radius 3 is 3.00 bits per heavy atom. The molecule has 13 heavy (non-hydrogen) atoms. The first-order valence-electron chi connectivity index (χ1n) is 4.28. The molecule has 5 nitrogen and oxygen atoms in total. The summed E-state index contributed by atoms with van der Waals surface area (Å²) in [5, 5.41) is 8.87. The van der Waals surface area contributed by atoms with E-state index in [2.05, 4.69) is 4.98 Å². The number of carboxylic acid groups (broad SMARTS) is 1. The van der Waals surface area contributed by atoms with E-state index in [1.54, 1.807) is 4.57 Å². The second-order valence-corrected chi connectivity index (χ2v) is 3.18. The fourth-order valence-corrected chi connectivity index (χ4v) is 1.73. The SMILES string of the molecule is Nc1nc2n(c1C(=O)O)CCCC2. The molecule has 0 atom stereocenters. The fraction of sp³-hybridized carbons (Fsp3) is 0.500. The number of carboxylic acids is 1. The molecule has 0 bridgehead atoms. The van der Waals surface area contributed by atoms with Gasteiger partial charge in [0.15, 0.2) is 11.5 Å². The maximum Gasteiger partial charge on any atom is 0.356 e. The van der Waals surface area contributed by atoms with E-state index in [-0.39, 0.29) is 11.5 Å². The largest absolute Gasteiger partial charge is 0.476 e. The third-order valence-corrected chi connectivity index (χ3v) is 2.31. The molecule has 1 aromatic heterocycles. The molecule has 1 aliphatic heterocycles. The molecule has 1 aromatic rings. The Bertz CT molecular complexity index is 357. The lowest BCUT2D eigenvalue weighted by atomic mass is 10.1. The normalized spacial score (nSPS) is 15.4. The van der Waals surface area contributed by atoms with Crippen molar-refractivity contribution in [2.24, 2.45) is 0 Å². The minimum absolute atomic E-state index is 0.143. The van der Waals surface area contributed by atoms with Crippen LogP contribution >= 0.6 is 0 Å². The molecule has 3 N–H and O–H groups in total.